The number of amides is 1. The van der Waals surface area contributed by atoms with Crippen LogP contribution >= 0.6 is 23.4 Å². The van der Waals surface area contributed by atoms with E-state index in [9.17, 15) is 18.4 Å². The van der Waals surface area contributed by atoms with Gasteiger partial charge >= 0.3 is 6.61 Å². The Labute approximate surface area is 192 Å². The molecule has 0 aliphatic heterocycles. The monoisotopic (exact) mass is 481 g/mol. The Kier molecular flexibility index (Phi) is 7.73. The average molecular weight is 482 g/mol. The summed E-state index contributed by atoms with van der Waals surface area (Å²) in [7, 11) is 0. The predicted molar refractivity (Wildman–Crippen MR) is 123 cm³/mol. The van der Waals surface area contributed by atoms with Gasteiger partial charge in [0, 0.05) is 11.6 Å². The van der Waals surface area contributed by atoms with Gasteiger partial charge in [0.15, 0.2) is 5.16 Å². The summed E-state index contributed by atoms with van der Waals surface area (Å²) in [6.07, 6.45) is 0. The molecule has 1 aromatic heterocycles. The number of nitrogens with zero attached hydrogens (tertiary/aromatic N) is 2. The maximum Gasteiger partial charge on any atom is 0.387 e. The van der Waals surface area contributed by atoms with Gasteiger partial charge in [-0.05, 0) is 43.2 Å². The molecule has 6 nitrogen and oxygen atoms in total. The molecular formula is C22H22ClF2N3O3S. The van der Waals surface area contributed by atoms with Gasteiger partial charge in [-0.2, -0.15) is 8.78 Å². The third-order valence-corrected chi connectivity index (χ3v) is 5.77. The van der Waals surface area contributed by atoms with Crippen LogP contribution in [0.1, 0.15) is 20.8 Å². The number of carbonyl (C=O) groups is 1. The highest BCUT2D eigenvalue weighted by atomic mass is 35.5. The van der Waals surface area contributed by atoms with Gasteiger partial charge in [0.25, 0.3) is 5.56 Å². The van der Waals surface area contributed by atoms with Crippen molar-refractivity contribution in [3.63, 3.8) is 0 Å². The summed E-state index contributed by atoms with van der Waals surface area (Å²) < 4.78 is 31.3. The van der Waals surface area contributed by atoms with Crippen LogP contribution in [0.5, 0.6) is 5.75 Å². The number of aromatic nitrogens is 2. The number of hydrogen-bond donors (Lipinski definition) is 1. The molecule has 0 aliphatic rings. The molecule has 1 heterocycles. The number of ether oxygens (including phenoxy) is 1. The van der Waals surface area contributed by atoms with Crippen molar-refractivity contribution < 1.29 is 18.3 Å². The lowest BCUT2D eigenvalue weighted by atomic mass is 10.2. The lowest BCUT2D eigenvalue weighted by Crippen LogP contribution is -2.28. The molecule has 0 bridgehead atoms. The fraction of sp³-hybridized carbons (Fsp3) is 0.318. The Morgan fingerprint density at radius 1 is 1.22 bits per heavy atom. The summed E-state index contributed by atoms with van der Waals surface area (Å²) in [5.41, 5.74) is 0.369. The number of fused-ring (bicyclic) bond motifs is 1. The molecular weight excluding hydrogens is 460 g/mol. The molecule has 1 atom stereocenters. The second kappa shape index (κ2) is 10.3. The number of nitrogens with one attached hydrogen (secondary N) is 1. The van der Waals surface area contributed by atoms with Gasteiger partial charge < -0.3 is 10.1 Å². The summed E-state index contributed by atoms with van der Waals surface area (Å²) in [6, 6.07) is 10.8. The maximum atomic E-state index is 13.1. The summed E-state index contributed by atoms with van der Waals surface area (Å²) in [6.45, 7) is 2.99. The smallest absolute Gasteiger partial charge is 0.387 e. The van der Waals surface area contributed by atoms with E-state index in [2.05, 4.69) is 15.0 Å². The number of carbonyl (C=O) groups excluding carboxylic acids is 1. The van der Waals surface area contributed by atoms with Crippen molar-refractivity contribution in [3.05, 3.63) is 57.8 Å². The highest BCUT2D eigenvalue weighted by Gasteiger charge is 2.21. The molecule has 170 valence electrons. The summed E-state index contributed by atoms with van der Waals surface area (Å²) >= 11 is 7.15. The second-order valence-electron chi connectivity index (χ2n) is 7.49. The first-order chi connectivity index (χ1) is 15.2. The van der Waals surface area contributed by atoms with E-state index >= 15 is 0 Å². The van der Waals surface area contributed by atoms with Crippen molar-refractivity contribution in [2.45, 2.75) is 44.3 Å². The van der Waals surface area contributed by atoms with Crippen molar-refractivity contribution in [1.82, 2.24) is 9.55 Å². The Morgan fingerprint density at radius 3 is 2.62 bits per heavy atom. The Hall–Kier alpha value is -2.65. The molecule has 0 saturated heterocycles. The van der Waals surface area contributed by atoms with E-state index in [0.717, 1.165) is 11.8 Å². The number of para-hydroxylation sites is 2. The van der Waals surface area contributed by atoms with Crippen molar-refractivity contribution in [2.75, 3.05) is 5.32 Å². The van der Waals surface area contributed by atoms with E-state index in [0.29, 0.717) is 27.6 Å². The van der Waals surface area contributed by atoms with Crippen LogP contribution in [0.25, 0.3) is 10.9 Å². The number of rotatable bonds is 8. The van der Waals surface area contributed by atoms with E-state index in [4.69, 9.17) is 11.6 Å². The summed E-state index contributed by atoms with van der Waals surface area (Å²) in [5, 5.41) is 3.15. The molecule has 0 aliphatic carbocycles. The molecule has 0 fully saturated rings. The van der Waals surface area contributed by atoms with Gasteiger partial charge in [-0.1, -0.05) is 49.3 Å². The van der Waals surface area contributed by atoms with Crippen LogP contribution in [-0.4, -0.2) is 27.3 Å². The number of hydrogen-bond acceptors (Lipinski definition) is 5. The van der Waals surface area contributed by atoms with Gasteiger partial charge in [0.2, 0.25) is 5.91 Å². The summed E-state index contributed by atoms with van der Waals surface area (Å²) in [5.74, 6) is -0.416. The van der Waals surface area contributed by atoms with E-state index in [-0.39, 0.29) is 22.9 Å². The number of halogens is 3. The van der Waals surface area contributed by atoms with Crippen LogP contribution in [0.4, 0.5) is 14.5 Å². The van der Waals surface area contributed by atoms with E-state index in [1.807, 2.05) is 13.8 Å². The van der Waals surface area contributed by atoms with Crippen LogP contribution in [0.2, 0.25) is 5.02 Å². The number of anilines is 1. The molecule has 32 heavy (non-hydrogen) atoms. The molecule has 3 aromatic rings. The Bertz CT molecular complexity index is 1190. The number of benzene rings is 2. The maximum absolute atomic E-state index is 13.1. The molecule has 0 radical (unpaired) electrons. The highest BCUT2D eigenvalue weighted by Crippen LogP contribution is 2.28. The average Bonchev–Trinajstić information content (AvgIpc) is 2.72. The molecule has 0 saturated carbocycles. The summed E-state index contributed by atoms with van der Waals surface area (Å²) in [4.78, 5) is 30.4. The van der Waals surface area contributed by atoms with Crippen LogP contribution in [-0.2, 0) is 11.3 Å². The lowest BCUT2D eigenvalue weighted by molar-refractivity contribution is -0.115. The first-order valence-electron chi connectivity index (χ1n) is 9.87. The van der Waals surface area contributed by atoms with E-state index in [1.165, 1.54) is 22.8 Å². The van der Waals surface area contributed by atoms with Crippen LogP contribution in [0.15, 0.2) is 52.4 Å². The zero-order valence-electron chi connectivity index (χ0n) is 17.6. The van der Waals surface area contributed by atoms with Crippen LogP contribution < -0.4 is 15.6 Å². The predicted octanol–water partition coefficient (Wildman–Crippen LogP) is 5.43. The second-order valence-corrected chi connectivity index (χ2v) is 9.23. The highest BCUT2D eigenvalue weighted by molar-refractivity contribution is 8.00. The van der Waals surface area contributed by atoms with Crippen molar-refractivity contribution in [3.8, 4) is 5.75 Å². The fourth-order valence-electron chi connectivity index (χ4n) is 3.00. The first kappa shape index (κ1) is 24.0. The SMILES string of the molecule is CC(C)Cn1c(SC(C)C(=O)Nc2ccccc2OC(F)F)nc2ccc(Cl)cc2c1=O. The fourth-order valence-corrected chi connectivity index (χ4v) is 4.09. The van der Waals surface area contributed by atoms with Crippen LogP contribution in [0.3, 0.4) is 0 Å². The molecule has 2 aromatic carbocycles. The van der Waals surface area contributed by atoms with E-state index < -0.39 is 17.8 Å². The zero-order valence-corrected chi connectivity index (χ0v) is 19.2. The third kappa shape index (κ3) is 5.77. The van der Waals surface area contributed by atoms with Crippen molar-refractivity contribution in [2.24, 2.45) is 5.92 Å². The lowest BCUT2D eigenvalue weighted by Gasteiger charge is -2.18. The first-order valence-corrected chi connectivity index (χ1v) is 11.1. The van der Waals surface area contributed by atoms with Gasteiger partial charge in [-0.25, -0.2) is 4.98 Å². The quantitative estimate of drug-likeness (QED) is 0.343. The molecule has 1 unspecified atom stereocenters. The Morgan fingerprint density at radius 2 is 1.94 bits per heavy atom. The largest absolute Gasteiger partial charge is 0.433 e. The molecule has 1 N–H and O–H groups in total. The standard InChI is InChI=1S/C22H22ClF2N3O3S/c1-12(2)11-28-20(30)15-10-14(23)8-9-16(15)27-22(28)32-13(3)19(29)26-17-6-4-5-7-18(17)31-21(24)25/h4-10,12-13,21H,11H2,1-3H3,(H,26,29). The number of thioether (sulfide) groups is 1. The zero-order chi connectivity index (χ0) is 23.4. The third-order valence-electron chi connectivity index (χ3n) is 4.44. The molecule has 0 spiro atoms. The van der Waals surface area contributed by atoms with Gasteiger partial charge in [0.1, 0.15) is 5.75 Å². The van der Waals surface area contributed by atoms with Crippen molar-refractivity contribution >= 4 is 45.9 Å². The minimum absolute atomic E-state index is 0.130. The minimum Gasteiger partial charge on any atom is -0.433 e. The topological polar surface area (TPSA) is 73.2 Å². The van der Waals surface area contributed by atoms with Crippen LogP contribution in [0, 0.1) is 5.92 Å². The molecule has 1 amide bonds. The van der Waals surface area contributed by atoms with Gasteiger partial charge in [0.05, 0.1) is 21.8 Å². The molecule has 10 heteroatoms. The number of alkyl halides is 2. The Balaban J connectivity index is 1.89. The normalized spacial score (nSPS) is 12.4. The van der Waals surface area contributed by atoms with Gasteiger partial charge in [-0.15, -0.1) is 0 Å². The van der Waals surface area contributed by atoms with Crippen molar-refractivity contribution in [1.29, 1.82) is 0 Å². The minimum atomic E-state index is -3.01. The van der Waals surface area contributed by atoms with E-state index in [1.54, 1.807) is 31.2 Å². The van der Waals surface area contributed by atoms with Gasteiger partial charge in [-0.3, -0.25) is 14.2 Å². The molecule has 3 rings (SSSR count).